The summed E-state index contributed by atoms with van der Waals surface area (Å²) in [4.78, 5) is 2.72. The first-order chi connectivity index (χ1) is 7.22. The normalized spacial score (nSPS) is 25.7. The van der Waals surface area contributed by atoms with Gasteiger partial charge in [0.2, 0.25) is 0 Å². The number of rotatable bonds is 3. The number of allylic oxidation sites excluding steroid dienone is 1. The molecular formula is C13H18OS. The van der Waals surface area contributed by atoms with E-state index in [2.05, 4.69) is 25.1 Å². The van der Waals surface area contributed by atoms with Crippen LogP contribution in [0.1, 0.15) is 35.9 Å². The van der Waals surface area contributed by atoms with Crippen molar-refractivity contribution in [3.05, 3.63) is 34.0 Å². The van der Waals surface area contributed by atoms with Gasteiger partial charge >= 0.3 is 0 Å². The van der Waals surface area contributed by atoms with Crippen molar-refractivity contribution in [1.29, 1.82) is 0 Å². The van der Waals surface area contributed by atoms with E-state index in [9.17, 15) is 5.11 Å². The van der Waals surface area contributed by atoms with Crippen molar-refractivity contribution >= 4 is 11.3 Å². The number of hydrogen-bond donors (Lipinski definition) is 1. The highest BCUT2D eigenvalue weighted by Crippen LogP contribution is 2.29. The minimum Gasteiger partial charge on any atom is -0.385 e. The third kappa shape index (κ3) is 2.70. The first-order valence-electron chi connectivity index (χ1n) is 5.69. The van der Waals surface area contributed by atoms with Gasteiger partial charge in [-0.2, -0.15) is 0 Å². The molecule has 0 fully saturated rings. The molecule has 1 N–H and O–H groups in total. The molecule has 15 heavy (non-hydrogen) atoms. The second kappa shape index (κ2) is 4.50. The molecule has 1 heterocycles. The van der Waals surface area contributed by atoms with Crippen LogP contribution in [0.3, 0.4) is 0 Å². The molecule has 2 heteroatoms. The molecule has 82 valence electrons. The van der Waals surface area contributed by atoms with Crippen LogP contribution in [0.4, 0.5) is 0 Å². The number of thiophene rings is 1. The van der Waals surface area contributed by atoms with Crippen molar-refractivity contribution in [3.63, 3.8) is 0 Å². The molecule has 1 aromatic rings. The summed E-state index contributed by atoms with van der Waals surface area (Å²) in [5.41, 5.74) is -0.575. The Hall–Kier alpha value is -0.600. The average molecular weight is 222 g/mol. The third-order valence-corrected chi connectivity index (χ3v) is 4.18. The minimum atomic E-state index is -0.575. The summed E-state index contributed by atoms with van der Waals surface area (Å²) in [5.74, 6) is 0. The topological polar surface area (TPSA) is 20.2 Å². The standard InChI is InChI=1S/C13H18OS/c1-2-11-6-7-12(15-11)10-13(14)8-4-3-5-9-13/h4,6-8,14H,2-3,5,9-10H2,1H3. The molecule has 1 unspecified atom stereocenters. The van der Waals surface area contributed by atoms with Gasteiger partial charge in [0.05, 0.1) is 5.60 Å². The molecule has 1 atom stereocenters. The van der Waals surface area contributed by atoms with E-state index in [0.29, 0.717) is 0 Å². The lowest BCUT2D eigenvalue weighted by Gasteiger charge is -2.26. The van der Waals surface area contributed by atoms with Gasteiger partial charge in [-0.3, -0.25) is 0 Å². The Morgan fingerprint density at radius 3 is 2.80 bits per heavy atom. The molecule has 0 aliphatic heterocycles. The van der Waals surface area contributed by atoms with Crippen LogP contribution < -0.4 is 0 Å². The third-order valence-electron chi connectivity index (χ3n) is 2.95. The van der Waals surface area contributed by atoms with Gasteiger partial charge in [-0.15, -0.1) is 11.3 Å². The van der Waals surface area contributed by atoms with Crippen molar-refractivity contribution in [2.75, 3.05) is 0 Å². The Morgan fingerprint density at radius 2 is 2.20 bits per heavy atom. The van der Waals surface area contributed by atoms with E-state index in [-0.39, 0.29) is 0 Å². The maximum atomic E-state index is 10.3. The van der Waals surface area contributed by atoms with Crippen LogP contribution in [-0.2, 0) is 12.8 Å². The zero-order valence-corrected chi connectivity index (χ0v) is 10.0. The van der Waals surface area contributed by atoms with Gasteiger partial charge in [0.15, 0.2) is 0 Å². The van der Waals surface area contributed by atoms with E-state index in [0.717, 1.165) is 32.1 Å². The lowest BCUT2D eigenvalue weighted by Crippen LogP contribution is -2.29. The van der Waals surface area contributed by atoms with E-state index >= 15 is 0 Å². The molecule has 1 aliphatic carbocycles. The van der Waals surface area contributed by atoms with Crippen LogP contribution in [0.25, 0.3) is 0 Å². The number of aryl methyl sites for hydroxylation is 1. The van der Waals surface area contributed by atoms with E-state index in [1.165, 1.54) is 9.75 Å². The highest BCUT2D eigenvalue weighted by atomic mass is 32.1. The van der Waals surface area contributed by atoms with Crippen molar-refractivity contribution in [3.8, 4) is 0 Å². The fourth-order valence-corrected chi connectivity index (χ4v) is 3.14. The van der Waals surface area contributed by atoms with Crippen LogP contribution >= 0.6 is 11.3 Å². The summed E-state index contributed by atoms with van der Waals surface area (Å²) in [5, 5.41) is 10.3. The lowest BCUT2D eigenvalue weighted by atomic mass is 9.88. The molecule has 2 rings (SSSR count). The van der Waals surface area contributed by atoms with Gasteiger partial charge in [0.25, 0.3) is 0 Å². The average Bonchev–Trinajstić information content (AvgIpc) is 2.66. The highest BCUT2D eigenvalue weighted by molar-refractivity contribution is 7.12. The highest BCUT2D eigenvalue weighted by Gasteiger charge is 2.25. The van der Waals surface area contributed by atoms with Gasteiger partial charge < -0.3 is 5.11 Å². The summed E-state index contributed by atoms with van der Waals surface area (Å²) in [6.45, 7) is 2.17. The zero-order chi connectivity index (χ0) is 10.7. The van der Waals surface area contributed by atoms with Gasteiger partial charge in [0.1, 0.15) is 0 Å². The van der Waals surface area contributed by atoms with Crippen molar-refractivity contribution in [2.45, 2.75) is 44.6 Å². The molecule has 1 aromatic heterocycles. The van der Waals surface area contributed by atoms with Gasteiger partial charge in [-0.25, -0.2) is 0 Å². The van der Waals surface area contributed by atoms with Crippen LogP contribution in [0, 0.1) is 0 Å². The molecule has 1 aliphatic rings. The Bertz CT molecular complexity index is 353. The largest absolute Gasteiger partial charge is 0.385 e. The molecule has 0 saturated carbocycles. The lowest BCUT2D eigenvalue weighted by molar-refractivity contribution is 0.0759. The van der Waals surface area contributed by atoms with Crippen LogP contribution in [-0.4, -0.2) is 10.7 Å². The fraction of sp³-hybridized carbons (Fsp3) is 0.538. The van der Waals surface area contributed by atoms with Gasteiger partial charge in [-0.1, -0.05) is 19.1 Å². The summed E-state index contributed by atoms with van der Waals surface area (Å²) in [6, 6.07) is 4.33. The number of aliphatic hydroxyl groups is 1. The first kappa shape index (κ1) is 10.9. The molecule has 0 amide bonds. The molecule has 0 spiro atoms. The summed E-state index contributed by atoms with van der Waals surface area (Å²) in [7, 11) is 0. The van der Waals surface area contributed by atoms with Gasteiger partial charge in [-0.05, 0) is 37.8 Å². The smallest absolute Gasteiger partial charge is 0.0875 e. The molecular weight excluding hydrogens is 204 g/mol. The Labute approximate surface area is 95.5 Å². The number of hydrogen-bond acceptors (Lipinski definition) is 2. The second-order valence-corrected chi connectivity index (χ2v) is 5.55. The van der Waals surface area contributed by atoms with E-state index in [1.54, 1.807) is 0 Å². The molecule has 0 saturated heterocycles. The summed E-state index contributed by atoms with van der Waals surface area (Å²) in [6.07, 6.45) is 9.11. The predicted octanol–water partition coefficient (Wildman–Crippen LogP) is 3.32. The van der Waals surface area contributed by atoms with Crippen LogP contribution in [0.5, 0.6) is 0 Å². The van der Waals surface area contributed by atoms with Crippen molar-refractivity contribution < 1.29 is 5.11 Å². The molecule has 1 nitrogen and oxygen atoms in total. The predicted molar refractivity (Wildman–Crippen MR) is 65.3 cm³/mol. The molecule has 0 radical (unpaired) electrons. The Balaban J connectivity index is 2.07. The summed E-state index contributed by atoms with van der Waals surface area (Å²) < 4.78 is 0. The molecule has 0 bridgehead atoms. The molecule has 0 aromatic carbocycles. The second-order valence-electron chi connectivity index (χ2n) is 4.30. The summed E-state index contributed by atoms with van der Waals surface area (Å²) >= 11 is 1.83. The minimum absolute atomic E-state index is 0.575. The zero-order valence-electron chi connectivity index (χ0n) is 9.20. The Kier molecular flexibility index (Phi) is 3.27. The quantitative estimate of drug-likeness (QED) is 0.778. The Morgan fingerprint density at radius 1 is 1.40 bits per heavy atom. The SMILES string of the molecule is CCc1ccc(CC2(O)C=CCCC2)s1. The monoisotopic (exact) mass is 222 g/mol. The van der Waals surface area contributed by atoms with Crippen molar-refractivity contribution in [2.24, 2.45) is 0 Å². The maximum Gasteiger partial charge on any atom is 0.0875 e. The van der Waals surface area contributed by atoms with Crippen LogP contribution in [0.15, 0.2) is 24.3 Å². The van der Waals surface area contributed by atoms with Crippen LogP contribution in [0.2, 0.25) is 0 Å². The first-order valence-corrected chi connectivity index (χ1v) is 6.51. The van der Waals surface area contributed by atoms with E-state index < -0.39 is 5.60 Å². The van der Waals surface area contributed by atoms with Crippen molar-refractivity contribution in [1.82, 2.24) is 0 Å². The fourth-order valence-electron chi connectivity index (χ4n) is 2.07. The van der Waals surface area contributed by atoms with E-state index in [4.69, 9.17) is 0 Å². The van der Waals surface area contributed by atoms with E-state index in [1.807, 2.05) is 17.4 Å². The maximum absolute atomic E-state index is 10.3. The van der Waals surface area contributed by atoms with Gasteiger partial charge in [0, 0.05) is 16.2 Å².